The van der Waals surface area contributed by atoms with E-state index in [1.54, 1.807) is 12.1 Å². The number of hydrogen-bond donors (Lipinski definition) is 2. The van der Waals surface area contributed by atoms with E-state index in [0.717, 1.165) is 16.7 Å². The number of benzene rings is 3. The number of anilines is 1. The molecule has 0 bridgehead atoms. The van der Waals surface area contributed by atoms with E-state index in [1.165, 1.54) is 6.92 Å². The standard InChI is InChI=1S/C25H24N2O4/c1-18(28)26-23(21-10-6-3-7-11-21)16-25(30)31-17-24(29)27-22-14-12-20(13-15-22)19-8-4-2-5-9-19/h2-15,23H,16-17H2,1H3,(H,26,28)(H,27,29)/t23-/m1/s1. The summed E-state index contributed by atoms with van der Waals surface area (Å²) in [7, 11) is 0. The van der Waals surface area contributed by atoms with Gasteiger partial charge in [-0.1, -0.05) is 72.8 Å². The second-order valence-electron chi connectivity index (χ2n) is 7.02. The summed E-state index contributed by atoms with van der Waals surface area (Å²) in [6.07, 6.45) is -0.0668. The zero-order valence-electron chi connectivity index (χ0n) is 17.2. The molecule has 0 saturated heterocycles. The van der Waals surface area contributed by atoms with Crippen LogP contribution in [0.4, 0.5) is 5.69 Å². The quantitative estimate of drug-likeness (QED) is 0.542. The predicted molar refractivity (Wildman–Crippen MR) is 119 cm³/mol. The van der Waals surface area contributed by atoms with E-state index in [0.29, 0.717) is 5.69 Å². The molecule has 2 amide bonds. The summed E-state index contributed by atoms with van der Waals surface area (Å²) in [4.78, 5) is 35.8. The first-order valence-corrected chi connectivity index (χ1v) is 9.94. The van der Waals surface area contributed by atoms with Gasteiger partial charge >= 0.3 is 5.97 Å². The van der Waals surface area contributed by atoms with Gasteiger partial charge in [0, 0.05) is 12.6 Å². The van der Waals surface area contributed by atoms with Gasteiger partial charge in [0.1, 0.15) is 0 Å². The fourth-order valence-corrected chi connectivity index (χ4v) is 3.13. The molecule has 0 aliphatic heterocycles. The second kappa shape index (κ2) is 10.7. The molecule has 0 unspecified atom stereocenters. The molecule has 158 valence electrons. The summed E-state index contributed by atoms with van der Waals surface area (Å²) in [6, 6.07) is 25.9. The Morgan fingerprint density at radius 1 is 0.806 bits per heavy atom. The maximum Gasteiger partial charge on any atom is 0.308 e. The summed E-state index contributed by atoms with van der Waals surface area (Å²) in [5, 5.41) is 5.44. The van der Waals surface area contributed by atoms with Crippen LogP contribution in [0.25, 0.3) is 11.1 Å². The van der Waals surface area contributed by atoms with E-state index in [-0.39, 0.29) is 12.3 Å². The maximum absolute atomic E-state index is 12.2. The van der Waals surface area contributed by atoms with Crippen molar-refractivity contribution >= 4 is 23.5 Å². The smallest absolute Gasteiger partial charge is 0.308 e. The van der Waals surface area contributed by atoms with Crippen LogP contribution in [0.5, 0.6) is 0 Å². The van der Waals surface area contributed by atoms with Crippen LogP contribution in [0.15, 0.2) is 84.9 Å². The highest BCUT2D eigenvalue weighted by atomic mass is 16.5. The zero-order valence-corrected chi connectivity index (χ0v) is 17.2. The molecular formula is C25H24N2O4. The van der Waals surface area contributed by atoms with Gasteiger partial charge in [-0.3, -0.25) is 14.4 Å². The molecule has 3 rings (SSSR count). The molecule has 2 N–H and O–H groups in total. The molecule has 6 heteroatoms. The summed E-state index contributed by atoms with van der Waals surface area (Å²) >= 11 is 0. The first-order chi connectivity index (χ1) is 15.0. The third kappa shape index (κ3) is 6.82. The van der Waals surface area contributed by atoms with Gasteiger partial charge in [-0.15, -0.1) is 0 Å². The molecule has 0 saturated carbocycles. The zero-order chi connectivity index (χ0) is 22.1. The molecule has 0 fully saturated rings. The fraction of sp³-hybridized carbons (Fsp3) is 0.160. The molecule has 0 radical (unpaired) electrons. The Morgan fingerprint density at radius 2 is 1.39 bits per heavy atom. The van der Waals surface area contributed by atoms with Crippen molar-refractivity contribution in [3.8, 4) is 11.1 Å². The van der Waals surface area contributed by atoms with E-state index in [2.05, 4.69) is 10.6 Å². The van der Waals surface area contributed by atoms with Crippen LogP contribution in [-0.4, -0.2) is 24.4 Å². The number of ether oxygens (including phenoxy) is 1. The number of carbonyl (C=O) groups is 3. The molecule has 0 heterocycles. The van der Waals surface area contributed by atoms with Crippen molar-refractivity contribution in [1.29, 1.82) is 0 Å². The molecular weight excluding hydrogens is 392 g/mol. The molecule has 0 aliphatic rings. The van der Waals surface area contributed by atoms with Crippen molar-refractivity contribution in [1.82, 2.24) is 5.32 Å². The first-order valence-electron chi connectivity index (χ1n) is 9.94. The van der Waals surface area contributed by atoms with Crippen molar-refractivity contribution < 1.29 is 19.1 Å². The number of rotatable bonds is 8. The minimum atomic E-state index is -0.572. The van der Waals surface area contributed by atoms with Gasteiger partial charge in [-0.05, 0) is 28.8 Å². The summed E-state index contributed by atoms with van der Waals surface area (Å²) in [5.41, 5.74) is 3.52. The number of esters is 1. The van der Waals surface area contributed by atoms with Gasteiger partial charge in [0.05, 0.1) is 12.5 Å². The van der Waals surface area contributed by atoms with Gasteiger partial charge in [0.25, 0.3) is 5.91 Å². The normalized spacial score (nSPS) is 11.3. The number of carbonyl (C=O) groups excluding carboxylic acids is 3. The van der Waals surface area contributed by atoms with Crippen LogP contribution >= 0.6 is 0 Å². The topological polar surface area (TPSA) is 84.5 Å². The van der Waals surface area contributed by atoms with Crippen molar-refractivity contribution in [2.24, 2.45) is 0 Å². The second-order valence-corrected chi connectivity index (χ2v) is 7.02. The third-order valence-corrected chi connectivity index (χ3v) is 4.59. The Balaban J connectivity index is 1.50. The SMILES string of the molecule is CC(=O)N[C@H](CC(=O)OCC(=O)Nc1ccc(-c2ccccc2)cc1)c1ccccc1. The highest BCUT2D eigenvalue weighted by Gasteiger charge is 2.18. The maximum atomic E-state index is 12.2. The average molecular weight is 416 g/mol. The van der Waals surface area contributed by atoms with Crippen molar-refractivity contribution in [2.45, 2.75) is 19.4 Å². The van der Waals surface area contributed by atoms with Crippen LogP contribution in [0.3, 0.4) is 0 Å². The number of nitrogens with one attached hydrogen (secondary N) is 2. The number of hydrogen-bond acceptors (Lipinski definition) is 4. The monoisotopic (exact) mass is 416 g/mol. The van der Waals surface area contributed by atoms with Gasteiger partial charge in [0.15, 0.2) is 6.61 Å². The average Bonchev–Trinajstić information content (AvgIpc) is 2.79. The first kappa shape index (κ1) is 21.8. The van der Waals surface area contributed by atoms with Gasteiger partial charge in [-0.25, -0.2) is 0 Å². The third-order valence-electron chi connectivity index (χ3n) is 4.59. The molecule has 0 aromatic heterocycles. The minimum absolute atomic E-state index is 0.0668. The van der Waals surface area contributed by atoms with Crippen LogP contribution in [0.1, 0.15) is 24.9 Å². The minimum Gasteiger partial charge on any atom is -0.455 e. The molecule has 3 aromatic carbocycles. The Bertz CT molecular complexity index is 1020. The molecule has 3 aromatic rings. The fourth-order valence-electron chi connectivity index (χ4n) is 3.13. The molecule has 6 nitrogen and oxygen atoms in total. The number of amides is 2. The van der Waals surface area contributed by atoms with E-state index in [1.807, 2.05) is 72.8 Å². The highest BCUT2D eigenvalue weighted by Crippen LogP contribution is 2.21. The van der Waals surface area contributed by atoms with Crippen molar-refractivity contribution in [3.05, 3.63) is 90.5 Å². The van der Waals surface area contributed by atoms with Crippen molar-refractivity contribution in [2.75, 3.05) is 11.9 Å². The lowest BCUT2D eigenvalue weighted by atomic mass is 10.0. The van der Waals surface area contributed by atoms with Crippen LogP contribution < -0.4 is 10.6 Å². The Labute approximate surface area is 181 Å². The van der Waals surface area contributed by atoms with Gasteiger partial charge in [-0.2, -0.15) is 0 Å². The van der Waals surface area contributed by atoms with Crippen LogP contribution in [-0.2, 0) is 19.1 Å². The molecule has 0 spiro atoms. The molecule has 31 heavy (non-hydrogen) atoms. The van der Waals surface area contributed by atoms with E-state index >= 15 is 0 Å². The van der Waals surface area contributed by atoms with E-state index < -0.39 is 24.5 Å². The lowest BCUT2D eigenvalue weighted by Crippen LogP contribution is -2.29. The van der Waals surface area contributed by atoms with E-state index in [9.17, 15) is 14.4 Å². The molecule has 0 aliphatic carbocycles. The Kier molecular flexibility index (Phi) is 7.54. The summed E-state index contributed by atoms with van der Waals surface area (Å²) < 4.78 is 5.10. The summed E-state index contributed by atoms with van der Waals surface area (Å²) in [5.74, 6) is -1.26. The lowest BCUT2D eigenvalue weighted by Gasteiger charge is -2.17. The Hall–Kier alpha value is -3.93. The van der Waals surface area contributed by atoms with Crippen molar-refractivity contribution in [3.63, 3.8) is 0 Å². The Morgan fingerprint density at radius 3 is 2.00 bits per heavy atom. The molecule has 1 atom stereocenters. The van der Waals surface area contributed by atoms with Crippen LogP contribution in [0, 0.1) is 0 Å². The highest BCUT2D eigenvalue weighted by molar-refractivity contribution is 5.93. The van der Waals surface area contributed by atoms with Gasteiger partial charge in [0.2, 0.25) is 5.91 Å². The summed E-state index contributed by atoms with van der Waals surface area (Å²) in [6.45, 7) is 0.985. The van der Waals surface area contributed by atoms with Crippen LogP contribution in [0.2, 0.25) is 0 Å². The predicted octanol–water partition coefficient (Wildman–Crippen LogP) is 4.10. The van der Waals surface area contributed by atoms with E-state index in [4.69, 9.17) is 4.74 Å². The van der Waals surface area contributed by atoms with Gasteiger partial charge < -0.3 is 15.4 Å². The largest absolute Gasteiger partial charge is 0.455 e. The lowest BCUT2D eigenvalue weighted by molar-refractivity contribution is -0.148.